The molecule has 1 amide bonds. The molecular formula is C33H58N2O4. The van der Waals surface area contributed by atoms with Crippen LogP contribution in [0.1, 0.15) is 136 Å². The molecular weight excluding hydrogens is 488 g/mol. The molecule has 0 radical (unpaired) electrons. The number of carbonyl (C=O) groups is 1. The zero-order chi connectivity index (χ0) is 27.7. The number of hydrogen-bond acceptors (Lipinski definition) is 5. The summed E-state index contributed by atoms with van der Waals surface area (Å²) in [6, 6.07) is 5.77. The first-order valence-corrected chi connectivity index (χ1v) is 16.2. The number of aliphatic hydroxyl groups excluding tert-OH is 1. The summed E-state index contributed by atoms with van der Waals surface area (Å²) >= 11 is 0. The lowest BCUT2D eigenvalue weighted by molar-refractivity contribution is -0.123. The number of rotatable bonds is 20. The molecule has 1 heterocycles. The summed E-state index contributed by atoms with van der Waals surface area (Å²) in [7, 11) is 2.12. The minimum Gasteiger partial charge on any atom is -0.486 e. The van der Waals surface area contributed by atoms with Gasteiger partial charge in [-0.2, -0.15) is 0 Å². The van der Waals surface area contributed by atoms with Crippen LogP contribution in [-0.2, 0) is 4.79 Å². The molecule has 2 N–H and O–H groups in total. The second kappa shape index (κ2) is 18.5. The minimum absolute atomic E-state index is 0. The molecule has 1 aromatic carbocycles. The third-order valence-corrected chi connectivity index (χ3v) is 8.58. The Labute approximate surface area is 239 Å². The summed E-state index contributed by atoms with van der Waals surface area (Å²) in [5, 5.41) is 14.6. The quantitative estimate of drug-likeness (QED) is 0.165. The number of nitrogens with zero attached hydrogens (tertiary/aromatic N) is 1. The lowest BCUT2D eigenvalue weighted by Crippen LogP contribution is -2.48. The topological polar surface area (TPSA) is 71.0 Å². The number of unbranched alkanes of at least 4 members (excludes halogenated alkanes) is 12. The average molecular weight is 547 g/mol. The Bertz CT molecular complexity index is 818. The van der Waals surface area contributed by atoms with Crippen LogP contribution in [0.5, 0.6) is 11.5 Å². The third-order valence-electron chi connectivity index (χ3n) is 8.58. The van der Waals surface area contributed by atoms with Gasteiger partial charge in [0.15, 0.2) is 11.5 Å². The molecule has 3 rings (SSSR count). The van der Waals surface area contributed by atoms with Gasteiger partial charge < -0.3 is 24.8 Å². The van der Waals surface area contributed by atoms with Gasteiger partial charge in [-0.05, 0) is 44.0 Å². The Hall–Kier alpha value is -1.79. The van der Waals surface area contributed by atoms with Crippen molar-refractivity contribution in [2.24, 2.45) is 0 Å². The minimum atomic E-state index is -0.805. The van der Waals surface area contributed by atoms with Crippen LogP contribution in [-0.4, -0.2) is 54.8 Å². The monoisotopic (exact) mass is 546 g/mol. The molecule has 2 atom stereocenters. The molecule has 224 valence electrons. The summed E-state index contributed by atoms with van der Waals surface area (Å²) in [6.45, 7) is 3.95. The molecule has 0 saturated heterocycles. The van der Waals surface area contributed by atoms with Crippen molar-refractivity contribution in [2.45, 2.75) is 141 Å². The first-order chi connectivity index (χ1) is 19.1. The fraction of sp³-hybridized carbons (Fsp3) is 0.788. The molecule has 1 aliphatic heterocycles. The summed E-state index contributed by atoms with van der Waals surface area (Å²) in [5.74, 6) is 1.42. The normalized spacial score (nSPS) is 16.9. The Morgan fingerprint density at radius 3 is 2.10 bits per heavy atom. The summed E-state index contributed by atoms with van der Waals surface area (Å²) in [4.78, 5) is 15.3. The van der Waals surface area contributed by atoms with E-state index in [9.17, 15) is 9.90 Å². The number of ether oxygens (including phenoxy) is 2. The van der Waals surface area contributed by atoms with Gasteiger partial charge in [-0.1, -0.05) is 103 Å². The number of nitrogens with one attached hydrogen (secondary N) is 1. The number of aliphatic hydroxyl groups is 1. The number of benzene rings is 1. The van der Waals surface area contributed by atoms with E-state index in [1.165, 1.54) is 96.3 Å². The van der Waals surface area contributed by atoms with E-state index in [2.05, 4.69) is 24.2 Å². The Kier molecular flexibility index (Phi) is 15.1. The van der Waals surface area contributed by atoms with Crippen LogP contribution in [0.25, 0.3) is 0 Å². The van der Waals surface area contributed by atoms with Gasteiger partial charge in [0.05, 0.1) is 6.04 Å². The molecule has 1 saturated carbocycles. The predicted molar refractivity (Wildman–Crippen MR) is 162 cm³/mol. The molecule has 2 aliphatic rings. The van der Waals surface area contributed by atoms with Crippen molar-refractivity contribution in [1.82, 2.24) is 10.2 Å². The number of amides is 1. The number of fused-ring (bicyclic) bond motifs is 1. The number of hydrogen-bond donors (Lipinski definition) is 2. The van der Waals surface area contributed by atoms with Crippen LogP contribution in [0.3, 0.4) is 0 Å². The molecule has 1 aromatic rings. The molecule has 1 fully saturated rings. The van der Waals surface area contributed by atoms with Gasteiger partial charge in [0, 0.05) is 20.4 Å². The second-order valence-electron chi connectivity index (χ2n) is 11.9. The number of carbonyl (C=O) groups excluding carboxylic acids is 1. The Morgan fingerprint density at radius 2 is 1.49 bits per heavy atom. The van der Waals surface area contributed by atoms with Gasteiger partial charge in [0.1, 0.15) is 19.3 Å². The van der Waals surface area contributed by atoms with Crippen molar-refractivity contribution >= 4 is 5.91 Å². The summed E-state index contributed by atoms with van der Waals surface area (Å²) < 4.78 is 11.4. The van der Waals surface area contributed by atoms with Crippen LogP contribution < -0.4 is 14.8 Å². The second-order valence-corrected chi connectivity index (χ2v) is 11.9. The highest BCUT2D eigenvalue weighted by atomic mass is 16.6. The summed E-state index contributed by atoms with van der Waals surface area (Å²) in [6.07, 6.45) is 21.4. The van der Waals surface area contributed by atoms with Gasteiger partial charge in [0.25, 0.3) is 0 Å². The lowest BCUT2D eigenvalue weighted by Gasteiger charge is -2.32. The highest BCUT2D eigenvalue weighted by molar-refractivity contribution is 5.76. The highest BCUT2D eigenvalue weighted by Gasteiger charge is 2.29. The first-order valence-electron chi connectivity index (χ1n) is 16.2. The van der Waals surface area contributed by atoms with Crippen LogP contribution in [0.15, 0.2) is 18.2 Å². The predicted octanol–water partition coefficient (Wildman–Crippen LogP) is 7.58. The fourth-order valence-electron chi connectivity index (χ4n) is 6.09. The van der Waals surface area contributed by atoms with Gasteiger partial charge in [-0.15, -0.1) is 0 Å². The molecule has 0 unspecified atom stereocenters. The smallest absolute Gasteiger partial charge is 0.220 e. The Morgan fingerprint density at radius 1 is 0.923 bits per heavy atom. The van der Waals surface area contributed by atoms with Crippen molar-refractivity contribution in [3.8, 4) is 11.5 Å². The fourth-order valence-corrected chi connectivity index (χ4v) is 6.09. The molecule has 0 bridgehead atoms. The largest absolute Gasteiger partial charge is 0.486 e. The molecule has 0 aromatic heterocycles. The van der Waals surface area contributed by atoms with E-state index in [1.807, 2.05) is 18.2 Å². The van der Waals surface area contributed by atoms with E-state index in [4.69, 9.17) is 9.47 Å². The van der Waals surface area contributed by atoms with Crippen LogP contribution in [0, 0.1) is 0 Å². The zero-order valence-corrected chi connectivity index (χ0v) is 24.9. The molecule has 6 nitrogen and oxygen atoms in total. The van der Waals surface area contributed by atoms with Crippen molar-refractivity contribution < 1.29 is 20.8 Å². The van der Waals surface area contributed by atoms with E-state index in [0.29, 0.717) is 43.7 Å². The van der Waals surface area contributed by atoms with E-state index in [1.54, 1.807) is 0 Å². The standard InChI is InChI=1S/C33H56N2O4.H2/c1-3-4-5-6-7-8-9-10-11-12-13-14-15-20-32(36)34-29(26-35(2)28-18-16-17-19-28)33(37)27-21-22-30-31(25-27)39-24-23-38-30;/h21-22,25,28-29,33,37H,3-20,23-24,26H2,1-2H3,(H,34,36);1H/t29-,33+;/m1./s1. The SMILES string of the molecule is CCCCCCCCCCCCCCCC(=O)N[C@H](CN(C)C1CCCC1)[C@@H](O)c1ccc2c(c1)OCCO2.[HH]. The maximum Gasteiger partial charge on any atom is 0.220 e. The Balaban J connectivity index is 0.00000560. The maximum absolute atomic E-state index is 12.9. The van der Waals surface area contributed by atoms with Crippen LogP contribution >= 0.6 is 0 Å². The van der Waals surface area contributed by atoms with E-state index in [-0.39, 0.29) is 13.4 Å². The highest BCUT2D eigenvalue weighted by Crippen LogP contribution is 2.34. The molecule has 6 heteroatoms. The van der Waals surface area contributed by atoms with Crippen molar-refractivity contribution in [3.05, 3.63) is 23.8 Å². The van der Waals surface area contributed by atoms with E-state index >= 15 is 0 Å². The van der Waals surface area contributed by atoms with Crippen LogP contribution in [0.2, 0.25) is 0 Å². The third kappa shape index (κ3) is 11.7. The van der Waals surface area contributed by atoms with Gasteiger partial charge in [-0.3, -0.25) is 4.79 Å². The van der Waals surface area contributed by atoms with Crippen molar-refractivity contribution in [1.29, 1.82) is 0 Å². The maximum atomic E-state index is 12.9. The lowest BCUT2D eigenvalue weighted by atomic mass is 9.99. The zero-order valence-electron chi connectivity index (χ0n) is 24.9. The molecule has 1 aliphatic carbocycles. The van der Waals surface area contributed by atoms with Gasteiger partial charge in [0.2, 0.25) is 5.91 Å². The van der Waals surface area contributed by atoms with Gasteiger partial charge in [-0.25, -0.2) is 0 Å². The number of likely N-dealkylation sites (N-methyl/N-ethyl adjacent to an activating group) is 1. The van der Waals surface area contributed by atoms with Crippen molar-refractivity contribution in [2.75, 3.05) is 26.8 Å². The average Bonchev–Trinajstić information content (AvgIpc) is 3.50. The van der Waals surface area contributed by atoms with E-state index < -0.39 is 6.10 Å². The van der Waals surface area contributed by atoms with E-state index in [0.717, 1.165) is 18.4 Å². The van der Waals surface area contributed by atoms with Gasteiger partial charge >= 0.3 is 0 Å². The molecule has 0 spiro atoms. The van der Waals surface area contributed by atoms with Crippen LogP contribution in [0.4, 0.5) is 0 Å². The first kappa shape index (κ1) is 31.7. The van der Waals surface area contributed by atoms with Crippen molar-refractivity contribution in [3.63, 3.8) is 0 Å². The molecule has 39 heavy (non-hydrogen) atoms. The summed E-state index contributed by atoms with van der Waals surface area (Å²) in [5.41, 5.74) is 0.755.